The summed E-state index contributed by atoms with van der Waals surface area (Å²) in [6.07, 6.45) is 1.61. The minimum absolute atomic E-state index is 0.591. The van der Waals surface area contributed by atoms with Crippen molar-refractivity contribution in [3.63, 3.8) is 0 Å². The number of aromatic amines is 1. The predicted octanol–water partition coefficient (Wildman–Crippen LogP) is 4.11. The van der Waals surface area contributed by atoms with Gasteiger partial charge in [0.05, 0.1) is 20.5 Å². The molecular weight excluding hydrogens is 348 g/mol. The molecule has 19 heavy (non-hydrogen) atoms. The van der Waals surface area contributed by atoms with Crippen LogP contribution in [0.15, 0.2) is 45.1 Å². The molecule has 0 aliphatic heterocycles. The number of nitrogens with zero attached hydrogens (tertiary/aromatic N) is 2. The molecule has 0 amide bonds. The summed E-state index contributed by atoms with van der Waals surface area (Å²) >= 11 is 10.7. The van der Waals surface area contributed by atoms with E-state index in [-0.39, 0.29) is 0 Å². The van der Waals surface area contributed by atoms with E-state index in [1.54, 1.807) is 12.3 Å². The minimum atomic E-state index is 0.591. The van der Waals surface area contributed by atoms with Crippen molar-refractivity contribution in [2.24, 2.45) is 0 Å². The highest BCUT2D eigenvalue weighted by molar-refractivity contribution is 9.10. The Morgan fingerprint density at radius 1 is 1.32 bits per heavy atom. The molecule has 0 saturated heterocycles. The molecule has 2 heterocycles. The fourth-order valence-corrected chi connectivity index (χ4v) is 3.25. The van der Waals surface area contributed by atoms with Gasteiger partial charge in [-0.2, -0.15) is 0 Å². The standard InChI is InChI=1S/C12H8BrClN4S/c13-8-3-6(14)5-16-11(8)19-12-17-9-2-1-7(15)4-10(9)18-12/h1-5H,15H2,(H,17,18). The number of fused-ring (bicyclic) bond motifs is 1. The zero-order valence-electron chi connectivity index (χ0n) is 9.52. The maximum atomic E-state index is 5.86. The van der Waals surface area contributed by atoms with E-state index in [9.17, 15) is 0 Å². The van der Waals surface area contributed by atoms with Crippen molar-refractivity contribution in [3.8, 4) is 0 Å². The monoisotopic (exact) mass is 354 g/mol. The first-order valence-electron chi connectivity index (χ1n) is 5.36. The fourth-order valence-electron chi connectivity index (χ4n) is 1.62. The van der Waals surface area contributed by atoms with E-state index in [0.29, 0.717) is 10.7 Å². The van der Waals surface area contributed by atoms with Crippen molar-refractivity contribution in [1.29, 1.82) is 0 Å². The minimum Gasteiger partial charge on any atom is -0.399 e. The Labute approximate surface area is 126 Å². The molecule has 0 bridgehead atoms. The van der Waals surface area contributed by atoms with Crippen LogP contribution in [0.5, 0.6) is 0 Å². The average molecular weight is 356 g/mol. The van der Waals surface area contributed by atoms with Gasteiger partial charge in [0.1, 0.15) is 5.03 Å². The summed E-state index contributed by atoms with van der Waals surface area (Å²) in [6, 6.07) is 7.37. The van der Waals surface area contributed by atoms with Gasteiger partial charge >= 0.3 is 0 Å². The number of nitrogens with one attached hydrogen (secondary N) is 1. The van der Waals surface area contributed by atoms with Crippen LogP contribution in [0.25, 0.3) is 11.0 Å². The molecule has 0 unspecified atom stereocenters. The zero-order valence-corrected chi connectivity index (χ0v) is 12.7. The lowest BCUT2D eigenvalue weighted by Gasteiger charge is -2.00. The van der Waals surface area contributed by atoms with Crippen LogP contribution < -0.4 is 5.73 Å². The molecule has 7 heteroatoms. The Hall–Kier alpha value is -1.24. The van der Waals surface area contributed by atoms with E-state index in [0.717, 1.165) is 25.7 Å². The highest BCUT2D eigenvalue weighted by Gasteiger charge is 2.09. The molecule has 96 valence electrons. The SMILES string of the molecule is Nc1ccc2nc(Sc3ncc(Cl)cc3Br)[nH]c2c1. The lowest BCUT2D eigenvalue weighted by atomic mass is 10.3. The topological polar surface area (TPSA) is 67.6 Å². The van der Waals surface area contributed by atoms with Gasteiger partial charge in [-0.05, 0) is 52.0 Å². The number of H-pyrrole nitrogens is 1. The fraction of sp³-hybridized carbons (Fsp3) is 0. The molecule has 1 aromatic carbocycles. The van der Waals surface area contributed by atoms with E-state index in [1.165, 1.54) is 11.8 Å². The van der Waals surface area contributed by atoms with E-state index < -0.39 is 0 Å². The summed E-state index contributed by atoms with van der Waals surface area (Å²) in [4.78, 5) is 11.9. The van der Waals surface area contributed by atoms with Crippen LogP contribution in [0.1, 0.15) is 0 Å². The second kappa shape index (κ2) is 5.03. The van der Waals surface area contributed by atoms with Crippen LogP contribution in [0.4, 0.5) is 5.69 Å². The van der Waals surface area contributed by atoms with Crippen LogP contribution in [-0.4, -0.2) is 15.0 Å². The number of aromatic nitrogens is 3. The number of hydrogen-bond donors (Lipinski definition) is 2. The Kier molecular flexibility index (Phi) is 3.38. The summed E-state index contributed by atoms with van der Waals surface area (Å²) in [6.45, 7) is 0. The number of nitrogen functional groups attached to an aromatic ring is 1. The number of rotatable bonds is 2. The normalized spacial score (nSPS) is 11.1. The Bertz CT molecular complexity index is 759. The van der Waals surface area contributed by atoms with Crippen LogP contribution in [-0.2, 0) is 0 Å². The molecule has 0 saturated carbocycles. The van der Waals surface area contributed by atoms with Gasteiger partial charge in [0.15, 0.2) is 5.16 Å². The van der Waals surface area contributed by atoms with Crippen LogP contribution >= 0.6 is 39.3 Å². The first-order chi connectivity index (χ1) is 9.11. The number of hydrogen-bond acceptors (Lipinski definition) is 4. The van der Waals surface area contributed by atoms with E-state index in [1.807, 2.05) is 18.2 Å². The molecule has 2 aromatic heterocycles. The number of imidazole rings is 1. The quantitative estimate of drug-likeness (QED) is 0.679. The number of benzene rings is 1. The lowest BCUT2D eigenvalue weighted by Crippen LogP contribution is -1.83. The summed E-state index contributed by atoms with van der Waals surface area (Å²) in [5.41, 5.74) is 8.23. The molecule has 0 aliphatic carbocycles. The van der Waals surface area contributed by atoms with Crippen LogP contribution in [0.2, 0.25) is 5.02 Å². The predicted molar refractivity (Wildman–Crippen MR) is 81.6 cm³/mol. The van der Waals surface area contributed by atoms with Crippen molar-refractivity contribution in [3.05, 3.63) is 40.0 Å². The van der Waals surface area contributed by atoms with Gasteiger partial charge in [-0.15, -0.1) is 0 Å². The van der Waals surface area contributed by atoms with Gasteiger partial charge in [0.2, 0.25) is 0 Å². The number of halogens is 2. The van der Waals surface area contributed by atoms with E-state index in [2.05, 4.69) is 30.9 Å². The Balaban J connectivity index is 1.96. The first-order valence-corrected chi connectivity index (χ1v) is 7.35. The van der Waals surface area contributed by atoms with Crippen LogP contribution in [0, 0.1) is 0 Å². The summed E-state index contributed by atoms with van der Waals surface area (Å²) in [5, 5.41) is 2.15. The maximum Gasteiger partial charge on any atom is 0.172 e. The molecule has 4 nitrogen and oxygen atoms in total. The molecule has 0 spiro atoms. The molecule has 0 radical (unpaired) electrons. The number of pyridine rings is 1. The highest BCUT2D eigenvalue weighted by Crippen LogP contribution is 2.32. The summed E-state index contributed by atoms with van der Waals surface area (Å²) < 4.78 is 0.838. The van der Waals surface area contributed by atoms with Gasteiger partial charge in [-0.25, -0.2) is 9.97 Å². The van der Waals surface area contributed by atoms with Crippen molar-refractivity contribution in [2.45, 2.75) is 10.2 Å². The third kappa shape index (κ3) is 2.70. The van der Waals surface area contributed by atoms with Gasteiger partial charge in [0, 0.05) is 11.9 Å². The number of nitrogens with two attached hydrogens (primary N) is 1. The molecular formula is C12H8BrClN4S. The van der Waals surface area contributed by atoms with E-state index >= 15 is 0 Å². The molecule has 3 aromatic rings. The van der Waals surface area contributed by atoms with Gasteiger partial charge < -0.3 is 10.7 Å². The van der Waals surface area contributed by atoms with E-state index in [4.69, 9.17) is 17.3 Å². The van der Waals surface area contributed by atoms with Crippen molar-refractivity contribution < 1.29 is 0 Å². The lowest BCUT2D eigenvalue weighted by molar-refractivity contribution is 1.05. The molecule has 3 N–H and O–H groups in total. The first kappa shape index (κ1) is 12.8. The maximum absolute atomic E-state index is 5.86. The van der Waals surface area contributed by atoms with Gasteiger partial charge in [-0.1, -0.05) is 11.6 Å². The Morgan fingerprint density at radius 2 is 2.16 bits per heavy atom. The zero-order chi connectivity index (χ0) is 13.4. The second-order valence-corrected chi connectivity index (χ2v) is 6.13. The van der Waals surface area contributed by atoms with Crippen molar-refractivity contribution in [2.75, 3.05) is 5.73 Å². The average Bonchev–Trinajstić information content (AvgIpc) is 2.74. The van der Waals surface area contributed by atoms with Crippen LogP contribution in [0.3, 0.4) is 0 Å². The molecule has 0 fully saturated rings. The van der Waals surface area contributed by atoms with Gasteiger partial charge in [0.25, 0.3) is 0 Å². The second-order valence-electron chi connectivity index (χ2n) is 3.86. The van der Waals surface area contributed by atoms with Crippen molar-refractivity contribution in [1.82, 2.24) is 15.0 Å². The summed E-state index contributed by atoms with van der Waals surface area (Å²) in [7, 11) is 0. The van der Waals surface area contributed by atoms with Gasteiger partial charge in [-0.3, -0.25) is 0 Å². The molecule has 0 atom stereocenters. The smallest absolute Gasteiger partial charge is 0.172 e. The third-order valence-corrected chi connectivity index (χ3v) is 4.43. The summed E-state index contributed by atoms with van der Waals surface area (Å²) in [5.74, 6) is 0. The molecule has 0 aliphatic rings. The highest BCUT2D eigenvalue weighted by atomic mass is 79.9. The Morgan fingerprint density at radius 3 is 2.95 bits per heavy atom. The third-order valence-electron chi connectivity index (χ3n) is 2.45. The largest absolute Gasteiger partial charge is 0.399 e. The van der Waals surface area contributed by atoms with Crippen molar-refractivity contribution >= 4 is 56.0 Å². The number of anilines is 1. The molecule has 3 rings (SSSR count).